The second-order valence-electron chi connectivity index (χ2n) is 6.23. The molecule has 0 N–H and O–H groups in total. The van der Waals surface area contributed by atoms with Crippen molar-refractivity contribution in [3.8, 4) is 0 Å². The van der Waals surface area contributed by atoms with Crippen LogP contribution in [0.15, 0.2) is 36.4 Å². The van der Waals surface area contributed by atoms with E-state index in [1.165, 1.54) is 34.7 Å². The van der Waals surface area contributed by atoms with E-state index >= 15 is 0 Å². The third-order valence-electron chi connectivity index (χ3n) is 3.45. The van der Waals surface area contributed by atoms with Crippen molar-refractivity contribution in [3.63, 3.8) is 0 Å². The van der Waals surface area contributed by atoms with Crippen LogP contribution >= 0.6 is 0 Å². The molecule has 0 saturated carbocycles. The molecular weight excluding hydrogens is 276 g/mol. The molecule has 0 atom stereocenters. The van der Waals surface area contributed by atoms with Gasteiger partial charge in [-0.3, -0.25) is 0 Å². The summed E-state index contributed by atoms with van der Waals surface area (Å²) in [5, 5.41) is 2.77. The molecule has 2 aromatic carbocycles. The molecule has 0 fully saturated rings. The van der Waals surface area contributed by atoms with Gasteiger partial charge in [0.15, 0.2) is 0 Å². The highest BCUT2D eigenvalue weighted by molar-refractivity contribution is 5.89. The summed E-state index contributed by atoms with van der Waals surface area (Å²) >= 11 is 0. The standard InChI is InChI=1S/C15H18.C4H10.2C2H6/c1-11-9-10-14(15(2,3)4)13-8-6-5-7-12(11)13;1-3-4-2;2*1-2/h5-10H,1-4H3;3-4H2,1-2H3;2*1-2H3. The minimum Gasteiger partial charge on any atom is -0.0683 e. The Kier molecular flexibility index (Phi) is 13.7. The van der Waals surface area contributed by atoms with Crippen molar-refractivity contribution in [1.29, 1.82) is 0 Å². The zero-order valence-electron chi connectivity index (χ0n) is 17.4. The highest BCUT2D eigenvalue weighted by atomic mass is 14.2. The number of hydrogen-bond donors (Lipinski definition) is 0. The molecule has 0 bridgehead atoms. The fraction of sp³-hybridized carbons (Fsp3) is 0.565. The molecule has 2 aromatic rings. The first-order valence-electron chi connectivity index (χ1n) is 9.40. The van der Waals surface area contributed by atoms with Crippen molar-refractivity contribution in [1.82, 2.24) is 0 Å². The van der Waals surface area contributed by atoms with Gasteiger partial charge in [-0.25, -0.2) is 0 Å². The number of benzene rings is 2. The minimum absolute atomic E-state index is 0.216. The molecular formula is C23H40. The Labute approximate surface area is 146 Å². The summed E-state index contributed by atoms with van der Waals surface area (Å²) in [4.78, 5) is 0. The van der Waals surface area contributed by atoms with Crippen LogP contribution in [0.3, 0.4) is 0 Å². The molecule has 0 amide bonds. The average molecular weight is 317 g/mol. The van der Waals surface area contributed by atoms with Crippen LogP contribution in [0.5, 0.6) is 0 Å². The topological polar surface area (TPSA) is 0 Å². The average Bonchev–Trinajstić information content (AvgIpc) is 2.58. The number of unbranched alkanes of at least 4 members (excludes halogenated alkanes) is 1. The van der Waals surface area contributed by atoms with Crippen LogP contribution in [0.1, 0.15) is 86.3 Å². The number of rotatable bonds is 1. The zero-order valence-corrected chi connectivity index (χ0v) is 17.4. The summed E-state index contributed by atoms with van der Waals surface area (Å²) < 4.78 is 0. The van der Waals surface area contributed by atoms with Gasteiger partial charge in [-0.2, -0.15) is 0 Å². The van der Waals surface area contributed by atoms with E-state index in [-0.39, 0.29) is 5.41 Å². The predicted molar refractivity (Wildman–Crippen MR) is 111 cm³/mol. The third-order valence-corrected chi connectivity index (χ3v) is 3.45. The fourth-order valence-electron chi connectivity index (χ4n) is 2.10. The molecule has 0 heterocycles. The maximum absolute atomic E-state index is 2.27. The van der Waals surface area contributed by atoms with Gasteiger partial charge in [0.25, 0.3) is 0 Å². The quantitative estimate of drug-likeness (QED) is 0.496. The van der Waals surface area contributed by atoms with Crippen LogP contribution in [0.4, 0.5) is 0 Å². The Balaban J connectivity index is 0. The molecule has 23 heavy (non-hydrogen) atoms. The van der Waals surface area contributed by atoms with Gasteiger partial charge >= 0.3 is 0 Å². The molecule has 0 radical (unpaired) electrons. The maximum Gasteiger partial charge on any atom is -0.0126 e. The summed E-state index contributed by atoms with van der Waals surface area (Å²) in [6.45, 7) is 21.3. The molecule has 0 aliphatic rings. The van der Waals surface area contributed by atoms with E-state index in [1.807, 2.05) is 27.7 Å². The second kappa shape index (κ2) is 13.2. The summed E-state index contributed by atoms with van der Waals surface area (Å²) in [6, 6.07) is 13.2. The lowest BCUT2D eigenvalue weighted by Gasteiger charge is -2.22. The molecule has 0 saturated heterocycles. The predicted octanol–water partition coefficient (Wildman–Crippen LogP) is 8.30. The Morgan fingerprint density at radius 2 is 1.13 bits per heavy atom. The Morgan fingerprint density at radius 1 is 0.696 bits per heavy atom. The van der Waals surface area contributed by atoms with Crippen molar-refractivity contribution in [2.24, 2.45) is 0 Å². The molecule has 0 heteroatoms. The first-order chi connectivity index (χ1) is 10.9. The second-order valence-corrected chi connectivity index (χ2v) is 6.23. The van der Waals surface area contributed by atoms with E-state index in [0.29, 0.717) is 0 Å². The van der Waals surface area contributed by atoms with Gasteiger partial charge in [0, 0.05) is 0 Å². The van der Waals surface area contributed by atoms with Crippen LogP contribution < -0.4 is 0 Å². The van der Waals surface area contributed by atoms with Crippen molar-refractivity contribution in [2.75, 3.05) is 0 Å². The van der Waals surface area contributed by atoms with Crippen molar-refractivity contribution in [3.05, 3.63) is 47.5 Å². The smallest absolute Gasteiger partial charge is 0.0126 e. The van der Waals surface area contributed by atoms with Crippen molar-refractivity contribution >= 4 is 10.8 Å². The number of hydrogen-bond acceptors (Lipinski definition) is 0. The van der Waals surface area contributed by atoms with Gasteiger partial charge in [-0.15, -0.1) is 0 Å². The van der Waals surface area contributed by atoms with Crippen LogP contribution in [0, 0.1) is 6.92 Å². The lowest BCUT2D eigenvalue weighted by molar-refractivity contribution is 0.596. The SMILES string of the molecule is CC.CC.CCCC.Cc1ccc(C(C)(C)C)c2ccccc12. The van der Waals surface area contributed by atoms with Crippen molar-refractivity contribution < 1.29 is 0 Å². The Morgan fingerprint density at radius 3 is 1.52 bits per heavy atom. The van der Waals surface area contributed by atoms with Gasteiger partial charge < -0.3 is 0 Å². The molecule has 0 nitrogen and oxygen atoms in total. The largest absolute Gasteiger partial charge is 0.0683 e. The molecule has 0 aliphatic carbocycles. The molecule has 0 spiro atoms. The van der Waals surface area contributed by atoms with Crippen molar-refractivity contribution in [2.45, 2.75) is 87.5 Å². The molecule has 2 rings (SSSR count). The number of aryl methyl sites for hydroxylation is 1. The zero-order chi connectivity index (χ0) is 18.5. The lowest BCUT2D eigenvalue weighted by Crippen LogP contribution is -2.11. The van der Waals surface area contributed by atoms with E-state index in [0.717, 1.165) is 0 Å². The summed E-state index contributed by atoms with van der Waals surface area (Å²) in [5.74, 6) is 0. The van der Waals surface area contributed by atoms with E-state index in [2.05, 4.69) is 77.9 Å². The monoisotopic (exact) mass is 316 g/mol. The minimum atomic E-state index is 0.216. The van der Waals surface area contributed by atoms with Crippen LogP contribution in [0.2, 0.25) is 0 Å². The molecule has 0 aliphatic heterocycles. The number of fused-ring (bicyclic) bond motifs is 1. The normalized spacial score (nSPS) is 9.65. The lowest BCUT2D eigenvalue weighted by atomic mass is 9.83. The highest BCUT2D eigenvalue weighted by Crippen LogP contribution is 2.31. The van der Waals surface area contributed by atoms with Gasteiger partial charge in [-0.05, 0) is 34.2 Å². The molecule has 0 unspecified atom stereocenters. The third kappa shape index (κ3) is 8.21. The summed E-state index contributed by atoms with van der Waals surface area (Å²) in [6.07, 6.45) is 2.64. The Hall–Kier alpha value is -1.30. The summed E-state index contributed by atoms with van der Waals surface area (Å²) in [5.41, 5.74) is 3.01. The van der Waals surface area contributed by atoms with Crippen LogP contribution in [0.25, 0.3) is 10.8 Å². The Bertz CT molecular complexity index is 513. The van der Waals surface area contributed by atoms with E-state index in [4.69, 9.17) is 0 Å². The molecule has 132 valence electrons. The van der Waals surface area contributed by atoms with E-state index in [1.54, 1.807) is 0 Å². The molecule has 0 aromatic heterocycles. The van der Waals surface area contributed by atoms with E-state index in [9.17, 15) is 0 Å². The van der Waals surface area contributed by atoms with Gasteiger partial charge in [0.1, 0.15) is 0 Å². The van der Waals surface area contributed by atoms with Gasteiger partial charge in [0.2, 0.25) is 0 Å². The summed E-state index contributed by atoms with van der Waals surface area (Å²) in [7, 11) is 0. The fourth-order valence-corrected chi connectivity index (χ4v) is 2.10. The van der Waals surface area contributed by atoms with Gasteiger partial charge in [0.05, 0.1) is 0 Å². The van der Waals surface area contributed by atoms with Crippen LogP contribution in [-0.4, -0.2) is 0 Å². The van der Waals surface area contributed by atoms with E-state index < -0.39 is 0 Å². The van der Waals surface area contributed by atoms with Gasteiger partial charge in [-0.1, -0.05) is 112 Å². The maximum atomic E-state index is 2.27. The first-order valence-corrected chi connectivity index (χ1v) is 9.40. The first kappa shape index (κ1) is 24.0. The van der Waals surface area contributed by atoms with Crippen LogP contribution in [-0.2, 0) is 5.41 Å². The highest BCUT2D eigenvalue weighted by Gasteiger charge is 2.16.